The van der Waals surface area contributed by atoms with Crippen LogP contribution in [0, 0.1) is 25.6 Å². The zero-order chi connectivity index (χ0) is 26.5. The van der Waals surface area contributed by atoms with Gasteiger partial charge in [0.1, 0.15) is 24.7 Å². The van der Waals surface area contributed by atoms with Crippen molar-refractivity contribution < 1.29 is 18.7 Å². The molecule has 0 fully saturated rings. The molecule has 196 valence electrons. The molecule has 2 aromatic carbocycles. The first kappa shape index (κ1) is 26.9. The zero-order valence-electron chi connectivity index (χ0n) is 22.0. The summed E-state index contributed by atoms with van der Waals surface area (Å²) < 4.78 is 20.1. The van der Waals surface area contributed by atoms with Gasteiger partial charge in [-0.3, -0.25) is 9.59 Å². The topological polar surface area (TPSA) is 49.9 Å². The van der Waals surface area contributed by atoms with Gasteiger partial charge in [-0.1, -0.05) is 44.0 Å². The molecule has 37 heavy (non-hydrogen) atoms. The third kappa shape index (κ3) is 6.39. The summed E-state index contributed by atoms with van der Waals surface area (Å²) in [5.41, 5.74) is 3.59. The Kier molecular flexibility index (Phi) is 8.64. The van der Waals surface area contributed by atoms with E-state index in [-0.39, 0.29) is 35.9 Å². The average Bonchev–Trinajstić information content (AvgIpc) is 3.36. The van der Waals surface area contributed by atoms with E-state index in [0.29, 0.717) is 19.7 Å². The van der Waals surface area contributed by atoms with Crippen LogP contribution in [0.1, 0.15) is 58.2 Å². The molecule has 2 heterocycles. The van der Waals surface area contributed by atoms with Gasteiger partial charge >= 0.3 is 0 Å². The van der Waals surface area contributed by atoms with E-state index in [1.807, 2.05) is 30.9 Å². The van der Waals surface area contributed by atoms with E-state index < -0.39 is 5.82 Å². The van der Waals surface area contributed by atoms with E-state index in [0.717, 1.165) is 29.7 Å². The molecule has 4 rings (SSSR count). The minimum Gasteiger partial charge on any atom is -0.491 e. The number of nitrogens with zero attached hydrogens (tertiary/aromatic N) is 2. The number of carbonyl (C=O) groups is 2. The zero-order valence-corrected chi connectivity index (χ0v) is 22.8. The maximum atomic E-state index is 13.9. The van der Waals surface area contributed by atoms with Gasteiger partial charge < -0.3 is 14.5 Å². The Balaban J connectivity index is 1.55. The van der Waals surface area contributed by atoms with Crippen molar-refractivity contribution >= 4 is 23.2 Å². The highest BCUT2D eigenvalue weighted by Gasteiger charge is 2.34. The van der Waals surface area contributed by atoms with Gasteiger partial charge in [-0.25, -0.2) is 4.39 Å². The second kappa shape index (κ2) is 11.9. The lowest BCUT2D eigenvalue weighted by molar-refractivity contribution is -0.135. The Morgan fingerprint density at radius 3 is 2.73 bits per heavy atom. The number of ether oxygens (including phenoxy) is 1. The highest BCUT2D eigenvalue weighted by molar-refractivity contribution is 7.10. The number of hydrogen-bond acceptors (Lipinski definition) is 4. The molecular weight excluding hydrogens is 487 g/mol. The third-order valence-electron chi connectivity index (χ3n) is 7.06. The molecular formula is C30H35FN2O3S. The minimum atomic E-state index is -0.467. The van der Waals surface area contributed by atoms with E-state index in [4.69, 9.17) is 4.74 Å². The van der Waals surface area contributed by atoms with Gasteiger partial charge in [-0.15, -0.1) is 11.3 Å². The Morgan fingerprint density at radius 2 is 2.00 bits per heavy atom. The summed E-state index contributed by atoms with van der Waals surface area (Å²) in [7, 11) is 0. The maximum Gasteiger partial charge on any atom is 0.254 e. The van der Waals surface area contributed by atoms with E-state index in [2.05, 4.69) is 31.4 Å². The van der Waals surface area contributed by atoms with Gasteiger partial charge in [0.25, 0.3) is 5.91 Å². The molecule has 0 spiro atoms. The molecule has 0 unspecified atom stereocenters. The largest absolute Gasteiger partial charge is 0.491 e. The monoisotopic (exact) mass is 522 g/mol. The van der Waals surface area contributed by atoms with Gasteiger partial charge in [0, 0.05) is 23.5 Å². The van der Waals surface area contributed by atoms with Crippen molar-refractivity contribution in [1.29, 1.82) is 0 Å². The molecule has 5 nitrogen and oxygen atoms in total. The van der Waals surface area contributed by atoms with Crippen LogP contribution in [-0.4, -0.2) is 47.9 Å². The van der Waals surface area contributed by atoms with E-state index in [9.17, 15) is 14.0 Å². The lowest BCUT2D eigenvalue weighted by atomic mass is 10.00. The number of fused-ring (bicyclic) bond motifs is 1. The normalized spacial score (nSPS) is 15.7. The van der Waals surface area contributed by atoms with Crippen LogP contribution >= 0.6 is 11.3 Å². The van der Waals surface area contributed by atoms with Gasteiger partial charge in [-0.05, 0) is 73.0 Å². The van der Waals surface area contributed by atoms with Crippen molar-refractivity contribution in [3.05, 3.63) is 86.9 Å². The summed E-state index contributed by atoms with van der Waals surface area (Å²) >= 11 is 1.70. The molecule has 0 N–H and O–H groups in total. The van der Waals surface area contributed by atoms with Crippen molar-refractivity contribution in [2.45, 2.75) is 46.6 Å². The fourth-order valence-corrected chi connectivity index (χ4v) is 5.72. The van der Waals surface area contributed by atoms with E-state index in [1.165, 1.54) is 28.6 Å². The van der Waals surface area contributed by atoms with Gasteiger partial charge in [0.2, 0.25) is 5.91 Å². The Bertz CT molecular complexity index is 1260. The van der Waals surface area contributed by atoms with Crippen molar-refractivity contribution in [2.24, 2.45) is 5.92 Å². The Morgan fingerprint density at radius 1 is 1.19 bits per heavy atom. The van der Waals surface area contributed by atoms with E-state index >= 15 is 0 Å². The lowest BCUT2D eigenvalue weighted by Gasteiger charge is -2.37. The number of rotatable bonds is 9. The van der Waals surface area contributed by atoms with Crippen LogP contribution < -0.4 is 4.74 Å². The highest BCUT2D eigenvalue weighted by atomic mass is 32.1. The minimum absolute atomic E-state index is 0.0563. The summed E-state index contributed by atoms with van der Waals surface area (Å²) in [5.74, 6) is 0.0905. The SMILES string of the molecule is CC[C@H](C)CN(CC(=O)N1CCc2sccc2[C@@H]1COc1ccc(C)cc1C)C(=O)c1cccc(F)c1. The number of hydrogen-bond donors (Lipinski definition) is 0. The predicted octanol–water partition coefficient (Wildman–Crippen LogP) is 6.20. The van der Waals surface area contributed by atoms with Crippen LogP contribution in [0.5, 0.6) is 5.75 Å². The molecule has 1 aliphatic heterocycles. The van der Waals surface area contributed by atoms with Crippen LogP contribution in [0.15, 0.2) is 53.9 Å². The van der Waals surface area contributed by atoms with Crippen LogP contribution in [0.3, 0.4) is 0 Å². The number of halogens is 1. The van der Waals surface area contributed by atoms with Crippen molar-refractivity contribution in [3.8, 4) is 5.75 Å². The molecule has 1 aliphatic rings. The summed E-state index contributed by atoms with van der Waals surface area (Å²) in [5, 5.41) is 2.06. The van der Waals surface area contributed by atoms with Crippen LogP contribution in [-0.2, 0) is 11.2 Å². The quantitative estimate of drug-likeness (QED) is 0.336. The molecule has 3 aromatic rings. The Labute approximate surface area is 222 Å². The Hall–Kier alpha value is -3.19. The van der Waals surface area contributed by atoms with Crippen LogP contribution in [0.2, 0.25) is 0 Å². The fourth-order valence-electron chi connectivity index (χ4n) is 4.79. The molecule has 0 bridgehead atoms. The van der Waals surface area contributed by atoms with Crippen molar-refractivity contribution in [1.82, 2.24) is 9.80 Å². The summed E-state index contributed by atoms with van der Waals surface area (Å²) in [6, 6.07) is 13.6. The van der Waals surface area contributed by atoms with Crippen LogP contribution in [0.25, 0.3) is 0 Å². The highest BCUT2D eigenvalue weighted by Crippen LogP contribution is 2.34. The smallest absolute Gasteiger partial charge is 0.254 e. The molecule has 7 heteroatoms. The molecule has 2 amide bonds. The van der Waals surface area contributed by atoms with Crippen LogP contribution in [0.4, 0.5) is 4.39 Å². The second-order valence-electron chi connectivity index (χ2n) is 9.94. The van der Waals surface area contributed by atoms with Gasteiger partial charge in [0.05, 0.1) is 6.04 Å². The van der Waals surface area contributed by atoms with Gasteiger partial charge in [-0.2, -0.15) is 0 Å². The predicted molar refractivity (Wildman–Crippen MR) is 146 cm³/mol. The number of aryl methyl sites for hydroxylation is 2. The first-order chi connectivity index (χ1) is 17.8. The molecule has 0 aliphatic carbocycles. The molecule has 0 radical (unpaired) electrons. The van der Waals surface area contributed by atoms with Crippen molar-refractivity contribution in [2.75, 3.05) is 26.2 Å². The van der Waals surface area contributed by atoms with E-state index in [1.54, 1.807) is 22.3 Å². The number of amides is 2. The number of benzene rings is 2. The lowest BCUT2D eigenvalue weighted by Crippen LogP contribution is -2.48. The fraction of sp³-hybridized carbons (Fsp3) is 0.400. The average molecular weight is 523 g/mol. The summed E-state index contributed by atoms with van der Waals surface area (Å²) in [4.78, 5) is 31.8. The summed E-state index contributed by atoms with van der Waals surface area (Å²) in [6.45, 7) is 9.45. The molecule has 0 saturated carbocycles. The molecule has 0 saturated heterocycles. The standard InChI is InChI=1S/C30H35FN2O3S/c1-5-20(2)17-32(30(35)23-7-6-8-24(31)16-23)18-29(34)33-13-11-28-25(12-14-37-28)26(33)19-36-27-10-9-21(3)15-22(27)4/h6-10,12,14-16,20,26H,5,11,13,17-19H2,1-4H3/t20-,26-/m0/s1. The first-order valence-corrected chi connectivity index (χ1v) is 13.7. The molecule has 1 aromatic heterocycles. The maximum absolute atomic E-state index is 13.9. The second-order valence-corrected chi connectivity index (χ2v) is 10.9. The first-order valence-electron chi connectivity index (χ1n) is 12.9. The number of thiophene rings is 1. The third-order valence-corrected chi connectivity index (χ3v) is 8.05. The van der Waals surface area contributed by atoms with Crippen molar-refractivity contribution in [3.63, 3.8) is 0 Å². The summed E-state index contributed by atoms with van der Waals surface area (Å²) in [6.07, 6.45) is 1.65. The number of carbonyl (C=O) groups excluding carboxylic acids is 2. The molecule has 2 atom stereocenters. The van der Waals surface area contributed by atoms with Gasteiger partial charge in [0.15, 0.2) is 0 Å².